The van der Waals surface area contributed by atoms with Crippen LogP contribution in [0.25, 0.3) is 0 Å². The van der Waals surface area contributed by atoms with Crippen molar-refractivity contribution in [2.75, 3.05) is 33.3 Å². The Kier molecular flexibility index (Phi) is 7.98. The van der Waals surface area contributed by atoms with E-state index in [1.54, 1.807) is 13.2 Å². The number of carbonyl (C=O) groups excluding carboxylic acids is 1. The quantitative estimate of drug-likeness (QED) is 0.538. The van der Waals surface area contributed by atoms with Crippen LogP contribution in [0.2, 0.25) is 0 Å². The van der Waals surface area contributed by atoms with Gasteiger partial charge in [0.25, 0.3) is 5.91 Å². The minimum absolute atomic E-state index is 0.0157. The first kappa shape index (κ1) is 25.5. The lowest BCUT2D eigenvalue weighted by Gasteiger charge is -2.57. The summed E-state index contributed by atoms with van der Waals surface area (Å²) in [5.74, 6) is 1.01. The number of hydrogen-bond acceptors (Lipinski definition) is 4. The van der Waals surface area contributed by atoms with Crippen LogP contribution in [0.4, 0.5) is 0 Å². The van der Waals surface area contributed by atoms with Crippen LogP contribution in [-0.4, -0.2) is 66.2 Å². The Bertz CT molecular complexity index is 1010. The topological polar surface area (TPSA) is 53.0 Å². The van der Waals surface area contributed by atoms with Crippen LogP contribution in [0.15, 0.2) is 67.3 Å². The number of benzene rings is 2. The third-order valence-electron chi connectivity index (χ3n) is 7.99. The Morgan fingerprint density at radius 3 is 2.69 bits per heavy atom. The first-order valence-electron chi connectivity index (χ1n) is 12.9. The molecular weight excluding hydrogens is 436 g/mol. The van der Waals surface area contributed by atoms with E-state index >= 15 is 0 Å². The van der Waals surface area contributed by atoms with Gasteiger partial charge < -0.3 is 14.7 Å². The van der Waals surface area contributed by atoms with Crippen molar-refractivity contribution in [3.05, 3.63) is 78.4 Å². The third-order valence-corrected chi connectivity index (χ3v) is 7.99. The van der Waals surface area contributed by atoms with E-state index in [-0.39, 0.29) is 29.4 Å². The molecule has 2 aromatic carbocycles. The second-order valence-corrected chi connectivity index (χ2v) is 10.7. The highest BCUT2D eigenvalue weighted by Crippen LogP contribution is 2.51. The Morgan fingerprint density at radius 1 is 1.26 bits per heavy atom. The standard InChI is InChI=1S/C30H40N2O3/c1-5-15-31-16-14-30(24-12-9-13-26(33)17-24)19-25(18-28(35-4)27(30)21-31)32(20-22(2)3)29(34)23-10-7-6-8-11-23/h5-13,17,22,25,27-28,33H,1,14-16,18-21H2,2-4H3/t25-,27-,28?,30-/m0/s1. The molecule has 1 heterocycles. The molecular formula is C30H40N2O3. The van der Waals surface area contributed by atoms with Gasteiger partial charge in [0.15, 0.2) is 0 Å². The summed E-state index contributed by atoms with van der Waals surface area (Å²) in [7, 11) is 1.80. The zero-order valence-electron chi connectivity index (χ0n) is 21.4. The fourth-order valence-corrected chi connectivity index (χ4v) is 6.43. The fourth-order valence-electron chi connectivity index (χ4n) is 6.43. The third kappa shape index (κ3) is 5.31. The van der Waals surface area contributed by atoms with E-state index in [1.165, 1.54) is 0 Å². The molecule has 4 atom stereocenters. The minimum atomic E-state index is -0.174. The number of rotatable bonds is 8. The Morgan fingerprint density at radius 2 is 2.03 bits per heavy atom. The number of nitrogens with zero attached hydrogens (tertiary/aromatic N) is 2. The summed E-state index contributed by atoms with van der Waals surface area (Å²) in [6.07, 6.45) is 4.63. The molecule has 1 amide bonds. The van der Waals surface area contributed by atoms with Gasteiger partial charge in [-0.2, -0.15) is 0 Å². The number of amides is 1. The Balaban J connectivity index is 1.75. The lowest BCUT2D eigenvalue weighted by molar-refractivity contribution is -0.0804. The maximum absolute atomic E-state index is 13.8. The average molecular weight is 477 g/mol. The number of phenolic OH excluding ortho intramolecular Hbond substituents is 1. The predicted molar refractivity (Wildman–Crippen MR) is 141 cm³/mol. The van der Waals surface area contributed by atoms with Crippen LogP contribution in [0.3, 0.4) is 0 Å². The lowest BCUT2D eigenvalue weighted by Crippen LogP contribution is -2.62. The molecule has 2 aliphatic rings. The van der Waals surface area contributed by atoms with Crippen molar-refractivity contribution >= 4 is 5.91 Å². The van der Waals surface area contributed by atoms with Gasteiger partial charge in [0.2, 0.25) is 0 Å². The second-order valence-electron chi connectivity index (χ2n) is 10.7. The van der Waals surface area contributed by atoms with Crippen LogP contribution >= 0.6 is 0 Å². The van der Waals surface area contributed by atoms with E-state index in [2.05, 4.69) is 36.3 Å². The molecule has 5 nitrogen and oxygen atoms in total. The van der Waals surface area contributed by atoms with Crippen molar-refractivity contribution in [2.45, 2.75) is 50.7 Å². The van der Waals surface area contributed by atoms with Crippen LogP contribution in [-0.2, 0) is 10.2 Å². The molecule has 2 fully saturated rings. The van der Waals surface area contributed by atoms with Gasteiger partial charge >= 0.3 is 0 Å². The van der Waals surface area contributed by atoms with E-state index in [0.717, 1.165) is 50.0 Å². The van der Waals surface area contributed by atoms with Crippen LogP contribution in [0.5, 0.6) is 5.75 Å². The van der Waals surface area contributed by atoms with E-state index < -0.39 is 0 Å². The highest BCUT2D eigenvalue weighted by molar-refractivity contribution is 5.94. The number of piperidine rings is 1. The van der Waals surface area contributed by atoms with Gasteiger partial charge in [-0.05, 0) is 61.6 Å². The van der Waals surface area contributed by atoms with Gasteiger partial charge in [-0.25, -0.2) is 0 Å². The molecule has 1 saturated heterocycles. The Labute approximate surface area is 210 Å². The largest absolute Gasteiger partial charge is 0.508 e. The maximum Gasteiger partial charge on any atom is 0.254 e. The molecule has 1 saturated carbocycles. The number of likely N-dealkylation sites (tertiary alicyclic amines) is 1. The highest BCUT2D eigenvalue weighted by atomic mass is 16.5. The van der Waals surface area contributed by atoms with E-state index in [4.69, 9.17) is 4.74 Å². The molecule has 2 aromatic rings. The first-order chi connectivity index (χ1) is 16.9. The fraction of sp³-hybridized carbons (Fsp3) is 0.500. The van der Waals surface area contributed by atoms with E-state index in [9.17, 15) is 9.90 Å². The molecule has 1 unspecified atom stereocenters. The number of ether oxygens (including phenoxy) is 1. The van der Waals surface area contributed by atoms with Crippen molar-refractivity contribution in [2.24, 2.45) is 11.8 Å². The normalized spacial score (nSPS) is 26.8. The van der Waals surface area contributed by atoms with Crippen molar-refractivity contribution in [1.82, 2.24) is 9.80 Å². The summed E-state index contributed by atoms with van der Waals surface area (Å²) in [5, 5.41) is 10.4. The second kappa shape index (κ2) is 11.0. The summed E-state index contributed by atoms with van der Waals surface area (Å²) in [5.41, 5.74) is 1.72. The molecule has 1 N–H and O–H groups in total. The van der Waals surface area contributed by atoms with Crippen LogP contribution in [0, 0.1) is 11.8 Å². The minimum Gasteiger partial charge on any atom is -0.508 e. The van der Waals surface area contributed by atoms with Gasteiger partial charge in [0.1, 0.15) is 5.75 Å². The zero-order valence-corrected chi connectivity index (χ0v) is 21.4. The molecule has 35 heavy (non-hydrogen) atoms. The number of phenols is 1. The average Bonchev–Trinajstić information content (AvgIpc) is 2.87. The highest BCUT2D eigenvalue weighted by Gasteiger charge is 2.53. The van der Waals surface area contributed by atoms with Gasteiger partial charge in [-0.15, -0.1) is 6.58 Å². The zero-order chi connectivity index (χ0) is 25.0. The molecule has 188 valence electrons. The number of fused-ring (bicyclic) bond motifs is 1. The molecule has 1 aliphatic heterocycles. The van der Waals surface area contributed by atoms with Crippen molar-refractivity contribution in [3.63, 3.8) is 0 Å². The maximum atomic E-state index is 13.8. The van der Waals surface area contributed by atoms with E-state index in [0.29, 0.717) is 18.2 Å². The molecule has 0 aromatic heterocycles. The Hall–Kier alpha value is -2.63. The summed E-state index contributed by atoms with van der Waals surface area (Å²) in [6.45, 7) is 11.7. The number of aromatic hydroxyl groups is 1. The number of carbonyl (C=O) groups is 1. The molecule has 5 heteroatoms. The van der Waals surface area contributed by atoms with Gasteiger partial charge in [-0.1, -0.05) is 50.3 Å². The van der Waals surface area contributed by atoms with Gasteiger partial charge in [0, 0.05) is 49.7 Å². The lowest BCUT2D eigenvalue weighted by atomic mass is 9.56. The van der Waals surface area contributed by atoms with Crippen molar-refractivity contribution in [1.29, 1.82) is 0 Å². The van der Waals surface area contributed by atoms with Crippen LogP contribution < -0.4 is 0 Å². The van der Waals surface area contributed by atoms with E-state index in [1.807, 2.05) is 48.5 Å². The number of hydrogen-bond donors (Lipinski definition) is 1. The molecule has 4 rings (SSSR count). The van der Waals surface area contributed by atoms with Gasteiger partial charge in [0.05, 0.1) is 6.10 Å². The van der Waals surface area contributed by atoms with Crippen molar-refractivity contribution in [3.8, 4) is 5.75 Å². The molecule has 0 spiro atoms. The summed E-state index contributed by atoms with van der Waals surface area (Å²) < 4.78 is 6.18. The smallest absolute Gasteiger partial charge is 0.254 e. The summed E-state index contributed by atoms with van der Waals surface area (Å²) >= 11 is 0. The summed E-state index contributed by atoms with van der Waals surface area (Å²) in [6, 6.07) is 17.4. The van der Waals surface area contributed by atoms with Crippen LogP contribution in [0.1, 0.15) is 49.0 Å². The number of methoxy groups -OCH3 is 1. The van der Waals surface area contributed by atoms with Gasteiger partial charge in [-0.3, -0.25) is 9.69 Å². The summed E-state index contributed by atoms with van der Waals surface area (Å²) in [4.78, 5) is 18.3. The molecule has 0 bridgehead atoms. The predicted octanol–water partition coefficient (Wildman–Crippen LogP) is 5.11. The monoisotopic (exact) mass is 476 g/mol. The molecule has 1 aliphatic carbocycles. The first-order valence-corrected chi connectivity index (χ1v) is 12.9. The molecule has 0 radical (unpaired) electrons. The van der Waals surface area contributed by atoms with Crippen molar-refractivity contribution < 1.29 is 14.6 Å². The SMILES string of the molecule is C=CCN1CC[C@@]2(c3cccc(O)c3)C[C@@H](N(CC(C)C)C(=O)c3ccccc3)CC(OC)[C@@H]2C1.